The van der Waals surface area contributed by atoms with Gasteiger partial charge in [-0.05, 0) is 24.1 Å². The molecule has 1 aliphatic rings. The van der Waals surface area contributed by atoms with Crippen molar-refractivity contribution in [2.24, 2.45) is 0 Å². The number of hydrogen-bond donors (Lipinski definition) is 2. The van der Waals surface area contributed by atoms with Gasteiger partial charge in [-0.15, -0.1) is 0 Å². The Morgan fingerprint density at radius 1 is 1.24 bits per heavy atom. The highest BCUT2D eigenvalue weighted by molar-refractivity contribution is 9.09. The van der Waals surface area contributed by atoms with Crippen molar-refractivity contribution in [1.82, 2.24) is 5.32 Å². The molecule has 2 N–H and O–H groups in total. The van der Waals surface area contributed by atoms with Gasteiger partial charge in [-0.3, -0.25) is 14.9 Å². The summed E-state index contributed by atoms with van der Waals surface area (Å²) in [7, 11) is 0. The molecule has 0 saturated carbocycles. The van der Waals surface area contributed by atoms with Crippen molar-refractivity contribution in [3.8, 4) is 0 Å². The van der Waals surface area contributed by atoms with E-state index in [-0.39, 0.29) is 18.2 Å². The van der Waals surface area contributed by atoms with Crippen LogP contribution in [0.2, 0.25) is 0 Å². The number of carbonyl (C=O) groups excluding carboxylic acids is 2. The number of alkyl halides is 1. The first-order chi connectivity index (χ1) is 12.0. The number of Topliss-reactive ketones (excluding diaryl/α,β-unsaturated/α-hetero) is 1. The van der Waals surface area contributed by atoms with Crippen LogP contribution in [-0.4, -0.2) is 22.1 Å². The Labute approximate surface area is 153 Å². The Balaban J connectivity index is 1.93. The lowest BCUT2D eigenvalue weighted by atomic mass is 9.88. The van der Waals surface area contributed by atoms with Gasteiger partial charge in [0.05, 0.1) is 0 Å². The fourth-order valence-electron chi connectivity index (χ4n) is 2.95. The molecule has 0 bridgehead atoms. The van der Waals surface area contributed by atoms with Crippen LogP contribution in [0.25, 0.3) is 10.8 Å². The van der Waals surface area contributed by atoms with Crippen LogP contribution in [0.1, 0.15) is 25.3 Å². The van der Waals surface area contributed by atoms with E-state index in [1.165, 1.54) is 0 Å². The number of halogens is 1. The third-order valence-electron chi connectivity index (χ3n) is 4.26. The molecule has 1 atom stereocenters. The van der Waals surface area contributed by atoms with Crippen molar-refractivity contribution >= 4 is 38.4 Å². The molecule has 0 fully saturated rings. The van der Waals surface area contributed by atoms with E-state index in [2.05, 4.69) is 21.2 Å². The number of aliphatic hydroxyl groups is 1. The lowest BCUT2D eigenvalue weighted by molar-refractivity contribution is -0.132. The summed E-state index contributed by atoms with van der Waals surface area (Å²) in [5.74, 6) is -1.61. The average molecular weight is 404 g/mol. The first-order valence-electron chi connectivity index (χ1n) is 7.98. The van der Waals surface area contributed by atoms with Crippen LogP contribution in [0, 0.1) is 0 Å². The molecule has 3 rings (SSSR count). The molecule has 0 radical (unpaired) electrons. The number of hydrogen-bond acceptors (Lipinski definition) is 4. The fourth-order valence-corrected chi connectivity index (χ4v) is 3.23. The van der Waals surface area contributed by atoms with Crippen LogP contribution >= 0.6 is 15.9 Å². The summed E-state index contributed by atoms with van der Waals surface area (Å²) in [6.45, 7) is 1.60. The summed E-state index contributed by atoms with van der Waals surface area (Å²) >= 11 is 3.26. The van der Waals surface area contributed by atoms with Crippen LogP contribution in [0.15, 0.2) is 54.1 Å². The summed E-state index contributed by atoms with van der Waals surface area (Å²) in [5, 5.41) is 15.2. The van der Waals surface area contributed by atoms with Crippen LogP contribution < -0.4 is 5.32 Å². The Morgan fingerprint density at radius 3 is 2.72 bits per heavy atom. The normalized spacial score (nSPS) is 20.0. The highest BCUT2D eigenvalue weighted by atomic mass is 79.9. The Hall–Kier alpha value is -2.34. The molecule has 2 aromatic carbocycles. The highest BCUT2D eigenvalue weighted by Gasteiger charge is 2.48. The van der Waals surface area contributed by atoms with Crippen molar-refractivity contribution in [1.29, 1.82) is 0 Å². The van der Waals surface area contributed by atoms with Crippen LogP contribution in [0.4, 0.5) is 0 Å². The second-order valence-electron chi connectivity index (χ2n) is 6.01. The molecule has 6 heteroatoms. The molecule has 1 heterocycles. The third-order valence-corrected chi connectivity index (χ3v) is 4.82. The molecule has 0 aromatic heterocycles. The van der Waals surface area contributed by atoms with Gasteiger partial charge in [0.15, 0.2) is 5.60 Å². The predicted molar refractivity (Wildman–Crippen MR) is 98.2 cm³/mol. The SMILES string of the molecule is CC1(c2cccc3ccccc23)OC(NC(=O)CCCBr)=C(O)C1=O. The number of ketones is 1. The zero-order valence-electron chi connectivity index (χ0n) is 13.7. The van der Waals surface area contributed by atoms with Crippen molar-refractivity contribution in [2.75, 3.05) is 5.33 Å². The molecule has 1 aliphatic heterocycles. The van der Waals surface area contributed by atoms with Crippen molar-refractivity contribution < 1.29 is 19.4 Å². The Kier molecular flexibility index (Phi) is 4.81. The van der Waals surface area contributed by atoms with E-state index in [0.717, 1.165) is 10.8 Å². The van der Waals surface area contributed by atoms with Crippen molar-refractivity contribution in [3.63, 3.8) is 0 Å². The highest BCUT2D eigenvalue weighted by Crippen LogP contribution is 2.40. The first-order valence-corrected chi connectivity index (χ1v) is 9.10. The summed E-state index contributed by atoms with van der Waals surface area (Å²) in [4.78, 5) is 24.6. The molecule has 25 heavy (non-hydrogen) atoms. The lowest BCUT2D eigenvalue weighted by Crippen LogP contribution is -2.32. The second-order valence-corrected chi connectivity index (χ2v) is 6.80. The standard InChI is InChI=1S/C19H18BrNO4/c1-19(14-9-4-7-12-6-2-3-8-13(12)14)17(24)16(23)18(25-19)21-15(22)10-5-11-20/h2-4,6-9,23H,5,10-11H2,1H3,(H,21,22). The van der Waals surface area contributed by atoms with Crippen LogP contribution in [-0.2, 0) is 19.9 Å². The van der Waals surface area contributed by atoms with Gasteiger partial charge in [0.1, 0.15) is 0 Å². The summed E-state index contributed by atoms with van der Waals surface area (Å²) in [6.07, 6.45) is 0.916. The minimum atomic E-state index is -1.39. The Bertz CT molecular complexity index is 871. The number of carbonyl (C=O) groups is 2. The molecule has 5 nitrogen and oxygen atoms in total. The number of fused-ring (bicyclic) bond motifs is 1. The molecular formula is C19H18BrNO4. The van der Waals surface area contributed by atoms with E-state index in [9.17, 15) is 14.7 Å². The van der Waals surface area contributed by atoms with E-state index >= 15 is 0 Å². The molecule has 0 saturated heterocycles. The fraction of sp³-hybridized carbons (Fsp3) is 0.263. The average Bonchev–Trinajstić information content (AvgIpc) is 2.84. The van der Waals surface area contributed by atoms with E-state index in [1.54, 1.807) is 13.0 Å². The summed E-state index contributed by atoms with van der Waals surface area (Å²) < 4.78 is 5.75. The smallest absolute Gasteiger partial charge is 0.250 e. The topological polar surface area (TPSA) is 75.6 Å². The number of rotatable bonds is 5. The van der Waals surface area contributed by atoms with Gasteiger partial charge in [-0.2, -0.15) is 0 Å². The van der Waals surface area contributed by atoms with E-state index < -0.39 is 17.1 Å². The maximum Gasteiger partial charge on any atom is 0.250 e. The Morgan fingerprint density at radius 2 is 1.96 bits per heavy atom. The van der Waals surface area contributed by atoms with Gasteiger partial charge in [-0.25, -0.2) is 0 Å². The second kappa shape index (κ2) is 6.88. The maximum absolute atomic E-state index is 12.7. The van der Waals surface area contributed by atoms with Gasteiger partial charge < -0.3 is 9.84 Å². The zero-order chi connectivity index (χ0) is 18.0. The molecular weight excluding hydrogens is 386 g/mol. The van der Waals surface area contributed by atoms with Crippen molar-refractivity contribution in [3.05, 3.63) is 59.7 Å². The number of nitrogens with one attached hydrogen (secondary N) is 1. The first kappa shape index (κ1) is 17.5. The monoisotopic (exact) mass is 403 g/mol. The van der Waals surface area contributed by atoms with Crippen LogP contribution in [0.5, 0.6) is 0 Å². The lowest BCUT2D eigenvalue weighted by Gasteiger charge is -2.25. The molecule has 0 spiro atoms. The van der Waals surface area contributed by atoms with Gasteiger partial charge >= 0.3 is 0 Å². The molecule has 0 aliphatic carbocycles. The van der Waals surface area contributed by atoms with Crippen LogP contribution in [0.3, 0.4) is 0 Å². The predicted octanol–water partition coefficient (Wildman–Crippen LogP) is 3.67. The molecule has 1 unspecified atom stereocenters. The van der Waals surface area contributed by atoms with Crippen molar-refractivity contribution in [2.45, 2.75) is 25.4 Å². The quantitative estimate of drug-likeness (QED) is 0.746. The van der Waals surface area contributed by atoms with E-state index in [4.69, 9.17) is 4.74 Å². The van der Waals surface area contributed by atoms with Gasteiger partial charge in [0, 0.05) is 17.3 Å². The minimum Gasteiger partial charge on any atom is -0.501 e. The number of benzene rings is 2. The van der Waals surface area contributed by atoms with E-state index in [0.29, 0.717) is 17.3 Å². The molecule has 130 valence electrons. The third kappa shape index (κ3) is 3.14. The maximum atomic E-state index is 12.7. The number of amides is 1. The summed E-state index contributed by atoms with van der Waals surface area (Å²) in [6, 6.07) is 13.2. The van der Waals surface area contributed by atoms with Gasteiger partial charge in [0.2, 0.25) is 17.5 Å². The largest absolute Gasteiger partial charge is 0.501 e. The number of ether oxygens (including phenoxy) is 1. The van der Waals surface area contributed by atoms with E-state index in [1.807, 2.05) is 36.4 Å². The molecule has 1 amide bonds. The summed E-state index contributed by atoms with van der Waals surface area (Å²) in [5.41, 5.74) is -0.741. The molecule has 2 aromatic rings. The van der Waals surface area contributed by atoms with Gasteiger partial charge in [-0.1, -0.05) is 58.4 Å². The zero-order valence-corrected chi connectivity index (χ0v) is 15.3. The minimum absolute atomic E-state index is 0.181. The van der Waals surface area contributed by atoms with Gasteiger partial charge in [0.25, 0.3) is 5.78 Å². The number of aliphatic hydroxyl groups excluding tert-OH is 1.